The molecule has 1 amide bonds. The Morgan fingerprint density at radius 3 is 2.68 bits per heavy atom. The van der Waals surface area contributed by atoms with Crippen molar-refractivity contribution in [2.24, 2.45) is 0 Å². The van der Waals surface area contributed by atoms with E-state index in [2.05, 4.69) is 26.9 Å². The lowest BCUT2D eigenvalue weighted by Gasteiger charge is -2.09. The molecule has 1 aromatic carbocycles. The average Bonchev–Trinajstić information content (AvgIpc) is 2.52. The van der Waals surface area contributed by atoms with Gasteiger partial charge in [-0.05, 0) is 43.2 Å². The molecule has 2 rings (SSSR count). The zero-order valence-electron chi connectivity index (χ0n) is 13.0. The van der Waals surface area contributed by atoms with E-state index < -0.39 is 0 Å². The van der Waals surface area contributed by atoms with Crippen LogP contribution in [0.3, 0.4) is 0 Å². The molecule has 2 N–H and O–H groups in total. The Labute approximate surface area is 129 Å². The Morgan fingerprint density at radius 1 is 1.18 bits per heavy atom. The number of methoxy groups -OCH3 is 1. The standard InChI is InChI=1S/C16H20N4O2/c1-11-4-5-12(2)14(10-11)18-15-7-6-13(19-20-15)16(21)17-8-9-22-3/h4-7,10H,8-9H2,1-3H3,(H,17,21)(H,18,20). The van der Waals surface area contributed by atoms with E-state index in [4.69, 9.17) is 4.74 Å². The quantitative estimate of drug-likeness (QED) is 0.800. The molecule has 0 saturated carbocycles. The molecule has 1 aromatic heterocycles. The minimum absolute atomic E-state index is 0.261. The van der Waals surface area contributed by atoms with Crippen molar-refractivity contribution in [3.8, 4) is 0 Å². The van der Waals surface area contributed by atoms with Crippen molar-refractivity contribution in [3.05, 3.63) is 47.2 Å². The third kappa shape index (κ3) is 4.26. The topological polar surface area (TPSA) is 76.1 Å². The number of hydrogen-bond donors (Lipinski definition) is 2. The summed E-state index contributed by atoms with van der Waals surface area (Å²) in [5, 5.41) is 13.9. The van der Waals surface area contributed by atoms with Gasteiger partial charge >= 0.3 is 0 Å². The lowest BCUT2D eigenvalue weighted by atomic mass is 10.1. The van der Waals surface area contributed by atoms with Gasteiger partial charge in [0.25, 0.3) is 5.91 Å². The van der Waals surface area contributed by atoms with E-state index in [0.717, 1.165) is 16.8 Å². The maximum atomic E-state index is 11.8. The summed E-state index contributed by atoms with van der Waals surface area (Å²) in [6, 6.07) is 9.52. The van der Waals surface area contributed by atoms with Crippen molar-refractivity contribution < 1.29 is 9.53 Å². The van der Waals surface area contributed by atoms with E-state index in [1.165, 1.54) is 0 Å². The number of aromatic nitrogens is 2. The molecule has 0 unspecified atom stereocenters. The van der Waals surface area contributed by atoms with E-state index in [1.807, 2.05) is 26.0 Å². The molecule has 0 aliphatic carbocycles. The molecule has 0 aliphatic heterocycles. The van der Waals surface area contributed by atoms with Crippen molar-refractivity contribution in [2.75, 3.05) is 25.6 Å². The summed E-state index contributed by atoms with van der Waals surface area (Å²) in [6.07, 6.45) is 0. The number of carbonyl (C=O) groups excluding carboxylic acids is 1. The molecule has 0 saturated heterocycles. The SMILES string of the molecule is COCCNC(=O)c1ccc(Nc2cc(C)ccc2C)nn1. The van der Waals surface area contributed by atoms with Gasteiger partial charge < -0.3 is 15.4 Å². The van der Waals surface area contributed by atoms with Gasteiger partial charge in [-0.15, -0.1) is 10.2 Å². The number of aryl methyl sites for hydroxylation is 2. The monoisotopic (exact) mass is 300 g/mol. The van der Waals surface area contributed by atoms with Gasteiger partial charge in [-0.2, -0.15) is 0 Å². The minimum atomic E-state index is -0.261. The third-order valence-electron chi connectivity index (χ3n) is 3.14. The van der Waals surface area contributed by atoms with E-state index in [-0.39, 0.29) is 11.6 Å². The number of hydrogen-bond acceptors (Lipinski definition) is 5. The Morgan fingerprint density at radius 2 is 2.00 bits per heavy atom. The molecule has 1 heterocycles. The molecule has 2 aromatic rings. The van der Waals surface area contributed by atoms with Crippen LogP contribution in [0.1, 0.15) is 21.6 Å². The Hall–Kier alpha value is -2.47. The number of carbonyl (C=O) groups is 1. The fourth-order valence-corrected chi connectivity index (χ4v) is 1.89. The third-order valence-corrected chi connectivity index (χ3v) is 3.14. The fraction of sp³-hybridized carbons (Fsp3) is 0.312. The van der Waals surface area contributed by atoms with Crippen molar-refractivity contribution in [1.29, 1.82) is 0 Å². The molecule has 22 heavy (non-hydrogen) atoms. The summed E-state index contributed by atoms with van der Waals surface area (Å²) >= 11 is 0. The molecule has 0 spiro atoms. The molecule has 116 valence electrons. The van der Waals surface area contributed by atoms with Crippen molar-refractivity contribution >= 4 is 17.4 Å². The number of amides is 1. The van der Waals surface area contributed by atoms with Crippen LogP contribution in [0, 0.1) is 13.8 Å². The van der Waals surface area contributed by atoms with Crippen LogP contribution in [-0.4, -0.2) is 36.4 Å². The zero-order chi connectivity index (χ0) is 15.9. The summed E-state index contributed by atoms with van der Waals surface area (Å²) in [4.78, 5) is 11.8. The van der Waals surface area contributed by atoms with Crippen LogP contribution in [-0.2, 0) is 4.74 Å². The number of nitrogens with one attached hydrogen (secondary N) is 2. The lowest BCUT2D eigenvalue weighted by molar-refractivity contribution is 0.0931. The highest BCUT2D eigenvalue weighted by molar-refractivity contribution is 5.92. The molecule has 0 atom stereocenters. The van der Waals surface area contributed by atoms with E-state index >= 15 is 0 Å². The van der Waals surface area contributed by atoms with E-state index in [1.54, 1.807) is 19.2 Å². The van der Waals surface area contributed by atoms with Gasteiger partial charge in [-0.3, -0.25) is 4.79 Å². The zero-order valence-corrected chi connectivity index (χ0v) is 13.0. The number of rotatable bonds is 6. The minimum Gasteiger partial charge on any atom is -0.383 e. The van der Waals surface area contributed by atoms with Gasteiger partial charge in [0.1, 0.15) is 0 Å². The van der Waals surface area contributed by atoms with Crippen LogP contribution < -0.4 is 10.6 Å². The summed E-state index contributed by atoms with van der Waals surface area (Å²) in [7, 11) is 1.58. The number of anilines is 2. The highest BCUT2D eigenvalue weighted by atomic mass is 16.5. The average molecular weight is 300 g/mol. The second-order valence-corrected chi connectivity index (χ2v) is 5.00. The predicted octanol–water partition coefficient (Wildman–Crippen LogP) is 2.21. The second kappa shape index (κ2) is 7.51. The molecule has 0 fully saturated rings. The number of benzene rings is 1. The maximum absolute atomic E-state index is 11.8. The van der Waals surface area contributed by atoms with Gasteiger partial charge in [0, 0.05) is 19.3 Å². The van der Waals surface area contributed by atoms with Gasteiger partial charge in [-0.25, -0.2) is 0 Å². The van der Waals surface area contributed by atoms with Crippen molar-refractivity contribution in [3.63, 3.8) is 0 Å². The van der Waals surface area contributed by atoms with E-state index in [9.17, 15) is 4.79 Å². The summed E-state index contributed by atoms with van der Waals surface area (Å²) in [5.74, 6) is 0.338. The molecule has 0 aliphatic rings. The molecule has 6 heteroatoms. The van der Waals surface area contributed by atoms with Gasteiger partial charge in [0.05, 0.1) is 6.61 Å². The first-order valence-corrected chi connectivity index (χ1v) is 7.05. The fourth-order valence-electron chi connectivity index (χ4n) is 1.89. The van der Waals surface area contributed by atoms with E-state index in [0.29, 0.717) is 19.0 Å². The smallest absolute Gasteiger partial charge is 0.271 e. The molecule has 0 bridgehead atoms. The van der Waals surface area contributed by atoms with Crippen LogP contribution in [0.2, 0.25) is 0 Å². The van der Waals surface area contributed by atoms with Crippen LogP contribution in [0.25, 0.3) is 0 Å². The van der Waals surface area contributed by atoms with Crippen LogP contribution in [0.5, 0.6) is 0 Å². The van der Waals surface area contributed by atoms with Crippen LogP contribution in [0.15, 0.2) is 30.3 Å². The lowest BCUT2D eigenvalue weighted by Crippen LogP contribution is -2.27. The Balaban J connectivity index is 2.02. The Kier molecular flexibility index (Phi) is 5.43. The number of nitrogens with zero attached hydrogens (tertiary/aromatic N) is 2. The van der Waals surface area contributed by atoms with Crippen molar-refractivity contribution in [2.45, 2.75) is 13.8 Å². The molecule has 0 radical (unpaired) electrons. The molecular formula is C16H20N4O2. The normalized spacial score (nSPS) is 10.3. The highest BCUT2D eigenvalue weighted by Crippen LogP contribution is 2.20. The van der Waals surface area contributed by atoms with Crippen molar-refractivity contribution in [1.82, 2.24) is 15.5 Å². The Bertz CT molecular complexity index is 641. The van der Waals surface area contributed by atoms with Crippen LogP contribution in [0.4, 0.5) is 11.5 Å². The molecular weight excluding hydrogens is 280 g/mol. The second-order valence-electron chi connectivity index (χ2n) is 5.00. The van der Waals surface area contributed by atoms with Gasteiger partial charge in [0.2, 0.25) is 0 Å². The highest BCUT2D eigenvalue weighted by Gasteiger charge is 2.08. The first kappa shape index (κ1) is 15.9. The summed E-state index contributed by atoms with van der Waals surface area (Å²) in [6.45, 7) is 4.96. The number of ether oxygens (including phenoxy) is 1. The first-order valence-electron chi connectivity index (χ1n) is 7.05. The summed E-state index contributed by atoms with van der Waals surface area (Å²) < 4.78 is 4.87. The first-order chi connectivity index (χ1) is 10.6. The van der Waals surface area contributed by atoms with Gasteiger partial charge in [-0.1, -0.05) is 12.1 Å². The maximum Gasteiger partial charge on any atom is 0.271 e. The van der Waals surface area contributed by atoms with Crippen LogP contribution >= 0.6 is 0 Å². The predicted molar refractivity (Wildman–Crippen MR) is 85.4 cm³/mol. The van der Waals surface area contributed by atoms with Gasteiger partial charge in [0.15, 0.2) is 11.5 Å². The largest absolute Gasteiger partial charge is 0.383 e. The summed E-state index contributed by atoms with van der Waals surface area (Å²) in [5.41, 5.74) is 3.54. The molecule has 6 nitrogen and oxygen atoms in total.